The lowest BCUT2D eigenvalue weighted by Crippen LogP contribution is -2.31. The van der Waals surface area contributed by atoms with Crippen molar-refractivity contribution >= 4 is 0 Å². The van der Waals surface area contributed by atoms with Gasteiger partial charge in [0, 0.05) is 12.1 Å². The minimum Gasteiger partial charge on any atom is -0.508 e. The van der Waals surface area contributed by atoms with Crippen LogP contribution in [0.15, 0.2) is 42.5 Å². The fourth-order valence-corrected chi connectivity index (χ4v) is 2.54. The molecule has 0 aromatic heterocycles. The van der Waals surface area contributed by atoms with Crippen molar-refractivity contribution in [2.75, 3.05) is 6.54 Å². The van der Waals surface area contributed by atoms with Gasteiger partial charge in [0.15, 0.2) is 0 Å². The Morgan fingerprint density at radius 2 is 1.94 bits per heavy atom. The van der Waals surface area contributed by atoms with Gasteiger partial charge in [-0.2, -0.15) is 0 Å². The number of nitrogens with one attached hydrogen (secondary N) is 1. The van der Waals surface area contributed by atoms with Crippen LogP contribution < -0.4 is 5.32 Å². The number of aromatic hydroxyl groups is 1. The standard InChI is InChI=1S/C15H14FNO/c16-14-4-2-1-3-13(14)15-12-6-5-11(18)9-10(12)7-8-17-15/h1-6,9,15,17-18H,7-8H2/t15-/m1/s1. The van der Waals surface area contributed by atoms with Gasteiger partial charge in [-0.1, -0.05) is 24.3 Å². The molecule has 0 amide bonds. The monoisotopic (exact) mass is 243 g/mol. The summed E-state index contributed by atoms with van der Waals surface area (Å²) in [5, 5.41) is 12.8. The van der Waals surface area contributed by atoms with Crippen molar-refractivity contribution in [3.8, 4) is 5.75 Å². The molecule has 2 N–H and O–H groups in total. The van der Waals surface area contributed by atoms with Crippen molar-refractivity contribution in [3.63, 3.8) is 0 Å². The van der Waals surface area contributed by atoms with Crippen LogP contribution in [0.25, 0.3) is 0 Å². The molecule has 18 heavy (non-hydrogen) atoms. The lowest BCUT2D eigenvalue weighted by Gasteiger charge is -2.27. The Hall–Kier alpha value is -1.87. The molecule has 0 aliphatic carbocycles. The van der Waals surface area contributed by atoms with Crippen molar-refractivity contribution in [3.05, 3.63) is 65.0 Å². The molecule has 0 radical (unpaired) electrons. The number of hydrogen-bond donors (Lipinski definition) is 2. The first-order chi connectivity index (χ1) is 8.75. The fraction of sp³-hybridized carbons (Fsp3) is 0.200. The highest BCUT2D eigenvalue weighted by molar-refractivity contribution is 5.43. The van der Waals surface area contributed by atoms with E-state index in [1.54, 1.807) is 24.3 Å². The number of phenols is 1. The van der Waals surface area contributed by atoms with Crippen molar-refractivity contribution in [1.82, 2.24) is 5.32 Å². The first kappa shape index (κ1) is 11.2. The number of phenolic OH excluding ortho intramolecular Hbond substituents is 1. The smallest absolute Gasteiger partial charge is 0.128 e. The van der Waals surface area contributed by atoms with Crippen LogP contribution in [-0.4, -0.2) is 11.7 Å². The van der Waals surface area contributed by atoms with Crippen molar-refractivity contribution in [1.29, 1.82) is 0 Å². The third-order valence-corrected chi connectivity index (χ3v) is 3.40. The molecule has 1 aliphatic rings. The Kier molecular flexibility index (Phi) is 2.76. The SMILES string of the molecule is Oc1ccc2c(c1)CCN[C@H]2c1ccccc1F. The number of hydrogen-bond acceptors (Lipinski definition) is 2. The summed E-state index contributed by atoms with van der Waals surface area (Å²) in [6.07, 6.45) is 0.856. The third kappa shape index (κ3) is 1.87. The molecule has 92 valence electrons. The first-order valence-corrected chi connectivity index (χ1v) is 6.05. The van der Waals surface area contributed by atoms with Crippen molar-refractivity contribution < 1.29 is 9.50 Å². The molecule has 2 aromatic rings. The molecule has 1 aliphatic heterocycles. The van der Waals surface area contributed by atoms with E-state index in [4.69, 9.17) is 0 Å². The van der Waals surface area contributed by atoms with Gasteiger partial charge in [-0.25, -0.2) is 4.39 Å². The average molecular weight is 243 g/mol. The van der Waals surface area contributed by atoms with Gasteiger partial charge in [0.25, 0.3) is 0 Å². The van der Waals surface area contributed by atoms with Gasteiger partial charge in [0.2, 0.25) is 0 Å². The summed E-state index contributed by atoms with van der Waals surface area (Å²) in [6.45, 7) is 0.787. The zero-order chi connectivity index (χ0) is 12.5. The van der Waals surface area contributed by atoms with E-state index in [0.29, 0.717) is 5.56 Å². The quantitative estimate of drug-likeness (QED) is 0.807. The Morgan fingerprint density at radius 1 is 1.11 bits per heavy atom. The molecule has 0 saturated heterocycles. The minimum atomic E-state index is -0.198. The Balaban J connectivity index is 2.09. The van der Waals surface area contributed by atoms with Crippen LogP contribution >= 0.6 is 0 Å². The van der Waals surface area contributed by atoms with E-state index < -0.39 is 0 Å². The summed E-state index contributed by atoms with van der Waals surface area (Å²) in [5.74, 6) is 0.0684. The maximum atomic E-state index is 13.9. The number of halogens is 1. The van der Waals surface area contributed by atoms with Gasteiger partial charge in [-0.3, -0.25) is 0 Å². The number of fused-ring (bicyclic) bond motifs is 1. The molecule has 3 rings (SSSR count). The van der Waals surface area contributed by atoms with Crippen LogP contribution in [0.3, 0.4) is 0 Å². The molecule has 3 heteroatoms. The normalized spacial score (nSPS) is 18.4. The fourth-order valence-electron chi connectivity index (χ4n) is 2.54. The summed E-state index contributed by atoms with van der Waals surface area (Å²) < 4.78 is 13.9. The number of benzene rings is 2. The molecule has 0 spiro atoms. The predicted octanol–water partition coefficient (Wildman–Crippen LogP) is 2.77. The molecule has 2 aromatic carbocycles. The van der Waals surface area contributed by atoms with E-state index in [9.17, 15) is 9.50 Å². The molecular weight excluding hydrogens is 229 g/mol. The Bertz CT molecular complexity index is 582. The van der Waals surface area contributed by atoms with Gasteiger partial charge in [0.1, 0.15) is 11.6 Å². The van der Waals surface area contributed by atoms with Crippen LogP contribution in [0.4, 0.5) is 4.39 Å². The largest absolute Gasteiger partial charge is 0.508 e. The van der Waals surface area contributed by atoms with E-state index in [0.717, 1.165) is 24.1 Å². The van der Waals surface area contributed by atoms with Gasteiger partial charge in [-0.15, -0.1) is 0 Å². The second-order valence-electron chi connectivity index (χ2n) is 4.54. The van der Waals surface area contributed by atoms with E-state index >= 15 is 0 Å². The molecule has 0 bridgehead atoms. The zero-order valence-electron chi connectivity index (χ0n) is 9.86. The van der Waals surface area contributed by atoms with Crippen LogP contribution in [0, 0.1) is 5.82 Å². The lowest BCUT2D eigenvalue weighted by molar-refractivity contribution is 0.470. The van der Waals surface area contributed by atoms with Gasteiger partial charge in [-0.05, 0) is 35.7 Å². The summed E-state index contributed by atoms with van der Waals surface area (Å²) in [7, 11) is 0. The van der Waals surface area contributed by atoms with E-state index in [2.05, 4.69) is 5.32 Å². The van der Waals surface area contributed by atoms with Gasteiger partial charge < -0.3 is 10.4 Å². The Morgan fingerprint density at radius 3 is 2.78 bits per heavy atom. The van der Waals surface area contributed by atoms with Crippen molar-refractivity contribution in [2.24, 2.45) is 0 Å². The summed E-state index contributed by atoms with van der Waals surface area (Å²) >= 11 is 0. The van der Waals surface area contributed by atoms with Crippen molar-refractivity contribution in [2.45, 2.75) is 12.5 Å². The molecule has 0 unspecified atom stereocenters. The van der Waals surface area contributed by atoms with Crippen LogP contribution in [0.5, 0.6) is 5.75 Å². The van der Waals surface area contributed by atoms with E-state index in [-0.39, 0.29) is 17.6 Å². The van der Waals surface area contributed by atoms with Gasteiger partial charge >= 0.3 is 0 Å². The first-order valence-electron chi connectivity index (χ1n) is 6.05. The second-order valence-corrected chi connectivity index (χ2v) is 4.54. The minimum absolute atomic E-state index is 0.129. The Labute approximate surface area is 105 Å². The highest BCUT2D eigenvalue weighted by Gasteiger charge is 2.23. The van der Waals surface area contributed by atoms with Crippen LogP contribution in [0.2, 0.25) is 0 Å². The second kappa shape index (κ2) is 4.42. The maximum absolute atomic E-state index is 13.9. The summed E-state index contributed by atoms with van der Waals surface area (Å²) in [6, 6.07) is 12.0. The predicted molar refractivity (Wildman–Crippen MR) is 68.1 cm³/mol. The molecular formula is C15H14FNO. The molecule has 1 heterocycles. The number of rotatable bonds is 1. The van der Waals surface area contributed by atoms with E-state index in [1.165, 1.54) is 6.07 Å². The topological polar surface area (TPSA) is 32.3 Å². The summed E-state index contributed by atoms with van der Waals surface area (Å²) in [5.41, 5.74) is 2.79. The van der Waals surface area contributed by atoms with E-state index in [1.807, 2.05) is 12.1 Å². The zero-order valence-corrected chi connectivity index (χ0v) is 9.86. The summed E-state index contributed by atoms with van der Waals surface area (Å²) in [4.78, 5) is 0. The highest BCUT2D eigenvalue weighted by atomic mass is 19.1. The molecule has 0 saturated carbocycles. The molecule has 2 nitrogen and oxygen atoms in total. The maximum Gasteiger partial charge on any atom is 0.128 e. The molecule has 0 fully saturated rings. The highest BCUT2D eigenvalue weighted by Crippen LogP contribution is 2.31. The third-order valence-electron chi connectivity index (χ3n) is 3.40. The van der Waals surface area contributed by atoms with Crippen LogP contribution in [0.1, 0.15) is 22.7 Å². The lowest BCUT2D eigenvalue weighted by atomic mass is 9.89. The molecule has 1 atom stereocenters. The average Bonchev–Trinajstić information content (AvgIpc) is 2.38. The van der Waals surface area contributed by atoms with Crippen LogP contribution in [-0.2, 0) is 6.42 Å². The van der Waals surface area contributed by atoms with Gasteiger partial charge in [0.05, 0.1) is 6.04 Å².